The Morgan fingerprint density at radius 2 is 2.09 bits per heavy atom. The average molecular weight is 346 g/mol. The molecule has 0 aromatic rings. The van der Waals surface area contributed by atoms with Gasteiger partial charge in [-0.05, 0) is 0 Å². The summed E-state index contributed by atoms with van der Waals surface area (Å²) in [4.78, 5) is 11.1. The zero-order valence-corrected chi connectivity index (χ0v) is 12.8. The first-order valence-electron chi connectivity index (χ1n) is 3.53. The molecule has 0 aliphatic heterocycles. The topological polar surface area (TPSA) is 46.5 Å². The van der Waals surface area contributed by atoms with Crippen LogP contribution in [-0.2, 0) is 35.7 Å². The molecule has 4 heteroatoms. The maximum atomic E-state index is 11.1. The van der Waals surface area contributed by atoms with Gasteiger partial charge in [-0.1, -0.05) is 0 Å². The van der Waals surface area contributed by atoms with E-state index in [2.05, 4.69) is 0 Å². The summed E-state index contributed by atoms with van der Waals surface area (Å²) in [7, 11) is 0. The van der Waals surface area contributed by atoms with Crippen molar-refractivity contribution in [2.75, 3.05) is 6.61 Å². The van der Waals surface area contributed by atoms with Gasteiger partial charge in [-0.2, -0.15) is 0 Å². The summed E-state index contributed by atoms with van der Waals surface area (Å²) in [5.41, 5.74) is -0.427. The fourth-order valence-corrected chi connectivity index (χ4v) is 0.784. The summed E-state index contributed by atoms with van der Waals surface area (Å²) >= 11 is 0.246. The standard InChI is InChI=1S/C7H13O3.Hg/c1-7(2,3)10-6(9)4-5-8;/h4,8H,5H2,1-3H3;. The van der Waals surface area contributed by atoms with Crippen molar-refractivity contribution in [2.45, 2.75) is 29.8 Å². The Kier molecular flexibility index (Phi) is 4.55. The van der Waals surface area contributed by atoms with E-state index < -0.39 is 5.60 Å². The van der Waals surface area contributed by atoms with Crippen molar-refractivity contribution < 1.29 is 40.8 Å². The molecular weight excluding hydrogens is 333 g/mol. The molecule has 0 aliphatic carbocycles. The average Bonchev–Trinajstić information content (AvgIpc) is 1.82. The van der Waals surface area contributed by atoms with Crippen LogP contribution in [0.2, 0.25) is 3.43 Å². The van der Waals surface area contributed by atoms with Gasteiger partial charge in [-0.15, -0.1) is 0 Å². The molecule has 0 amide bonds. The molecule has 1 atom stereocenters. The van der Waals surface area contributed by atoms with Crippen molar-refractivity contribution >= 4 is 5.97 Å². The van der Waals surface area contributed by atoms with Crippen molar-refractivity contribution in [1.29, 1.82) is 0 Å². The number of aliphatic hydroxyl groups excluding tert-OH is 1. The van der Waals surface area contributed by atoms with E-state index in [1.165, 1.54) is 0 Å². The number of rotatable bonds is 2. The van der Waals surface area contributed by atoms with Crippen LogP contribution < -0.4 is 0 Å². The van der Waals surface area contributed by atoms with Crippen LogP contribution in [0.25, 0.3) is 0 Å². The predicted octanol–water partition coefficient (Wildman–Crippen LogP) is 0.656. The van der Waals surface area contributed by atoms with E-state index in [9.17, 15) is 4.79 Å². The molecule has 0 aromatic heterocycles. The number of hydrogen-bond donors (Lipinski definition) is 1. The molecule has 3 nitrogen and oxygen atoms in total. The molecule has 0 radical (unpaired) electrons. The van der Waals surface area contributed by atoms with Gasteiger partial charge in [-0.25, -0.2) is 0 Å². The first kappa shape index (κ1) is 11.4. The Bertz CT molecular complexity index is 139. The fourth-order valence-electron chi connectivity index (χ4n) is 0.460. The summed E-state index contributed by atoms with van der Waals surface area (Å²) in [6.45, 7) is 5.40. The van der Waals surface area contributed by atoms with Gasteiger partial charge in [-0.3, -0.25) is 0 Å². The van der Waals surface area contributed by atoms with Crippen LogP contribution in [0.5, 0.6) is 0 Å². The van der Waals surface area contributed by atoms with Crippen LogP contribution in [0.4, 0.5) is 0 Å². The second kappa shape index (κ2) is 4.41. The molecule has 0 saturated heterocycles. The Balaban J connectivity index is 3.88. The van der Waals surface area contributed by atoms with Crippen molar-refractivity contribution in [2.24, 2.45) is 0 Å². The molecular formula is C7H13HgO3. The number of esters is 1. The second-order valence-corrected chi connectivity index (χ2v) is 7.24. The van der Waals surface area contributed by atoms with Crippen molar-refractivity contribution in [3.05, 3.63) is 0 Å². The summed E-state index contributed by atoms with van der Waals surface area (Å²) < 4.78 is 4.81. The predicted molar refractivity (Wildman–Crippen MR) is 36.7 cm³/mol. The third-order valence-electron chi connectivity index (χ3n) is 0.960. The van der Waals surface area contributed by atoms with Crippen LogP contribution in [-0.4, -0.2) is 23.3 Å². The van der Waals surface area contributed by atoms with Gasteiger partial charge in [0.2, 0.25) is 0 Å². The molecule has 0 spiro atoms. The summed E-state index contributed by atoms with van der Waals surface area (Å²) in [5, 5.41) is 8.65. The molecule has 0 aliphatic rings. The normalized spacial score (nSPS) is 14.4. The van der Waals surface area contributed by atoms with Gasteiger partial charge in [0.15, 0.2) is 0 Å². The Morgan fingerprint density at radius 1 is 1.64 bits per heavy atom. The number of carbonyl (C=O) groups excluding carboxylic acids is 1. The van der Waals surface area contributed by atoms with Gasteiger partial charge < -0.3 is 0 Å². The van der Waals surface area contributed by atoms with Crippen LogP contribution in [0.1, 0.15) is 20.8 Å². The summed E-state index contributed by atoms with van der Waals surface area (Å²) in [6, 6.07) is 0. The van der Waals surface area contributed by atoms with E-state index >= 15 is 0 Å². The van der Waals surface area contributed by atoms with E-state index in [0.29, 0.717) is 0 Å². The molecule has 0 saturated carbocycles. The zero-order valence-electron chi connectivity index (χ0n) is 7.26. The first-order chi connectivity index (χ1) is 4.87. The third-order valence-corrected chi connectivity index (χ3v) is 3.26. The molecule has 0 rings (SSSR count). The number of aliphatic hydroxyl groups is 1. The van der Waals surface area contributed by atoms with E-state index in [1.807, 2.05) is 20.8 Å². The molecule has 0 bridgehead atoms. The van der Waals surface area contributed by atoms with Gasteiger partial charge in [0, 0.05) is 0 Å². The Hall–Kier alpha value is 0.365. The van der Waals surface area contributed by atoms with Crippen molar-refractivity contribution in [1.82, 2.24) is 0 Å². The van der Waals surface area contributed by atoms with Crippen molar-refractivity contribution in [3.63, 3.8) is 0 Å². The van der Waals surface area contributed by atoms with Crippen LogP contribution >= 0.6 is 0 Å². The third kappa shape index (κ3) is 5.62. The molecule has 0 aromatic carbocycles. The maximum absolute atomic E-state index is 11.1. The number of ether oxygens (including phenoxy) is 1. The Labute approximate surface area is 83.1 Å². The minimum atomic E-state index is -0.427. The zero-order chi connectivity index (χ0) is 9.07. The van der Waals surface area contributed by atoms with E-state index in [1.54, 1.807) is 0 Å². The molecule has 61 valence electrons. The molecule has 0 fully saturated rings. The first-order valence-corrected chi connectivity index (χ1v) is 6.71. The monoisotopic (exact) mass is 347 g/mol. The number of hydrogen-bond acceptors (Lipinski definition) is 3. The molecule has 1 unspecified atom stereocenters. The van der Waals surface area contributed by atoms with Gasteiger partial charge in [0.05, 0.1) is 0 Å². The van der Waals surface area contributed by atoms with Gasteiger partial charge in [0.1, 0.15) is 0 Å². The van der Waals surface area contributed by atoms with Gasteiger partial charge >= 0.3 is 83.1 Å². The molecule has 1 N–H and O–H groups in total. The van der Waals surface area contributed by atoms with Gasteiger partial charge in [0.25, 0.3) is 0 Å². The second-order valence-electron chi connectivity index (χ2n) is 3.41. The SMILES string of the molecule is CC(C)(C)OC(=O)[CH]([Hg])CO. The molecule has 0 heterocycles. The van der Waals surface area contributed by atoms with Crippen LogP contribution in [0, 0.1) is 0 Å². The minimum absolute atomic E-state index is 0.0714. The van der Waals surface area contributed by atoms with E-state index in [4.69, 9.17) is 9.84 Å². The quantitative estimate of drug-likeness (QED) is 0.590. The van der Waals surface area contributed by atoms with Crippen molar-refractivity contribution in [3.8, 4) is 0 Å². The van der Waals surface area contributed by atoms with E-state index in [0.717, 1.165) is 0 Å². The van der Waals surface area contributed by atoms with Crippen LogP contribution in [0.15, 0.2) is 0 Å². The number of carbonyl (C=O) groups is 1. The molecule has 11 heavy (non-hydrogen) atoms. The van der Waals surface area contributed by atoms with E-state index in [-0.39, 0.29) is 42.1 Å². The Morgan fingerprint density at radius 3 is 2.36 bits per heavy atom. The summed E-state index contributed by atoms with van der Waals surface area (Å²) in [5.74, 6) is -0.261. The fraction of sp³-hybridized carbons (Fsp3) is 0.857. The van der Waals surface area contributed by atoms with Crippen LogP contribution in [0.3, 0.4) is 0 Å². The summed E-state index contributed by atoms with van der Waals surface area (Å²) in [6.07, 6.45) is 0.